The first-order valence-corrected chi connectivity index (χ1v) is 16.8. The number of hydrogen-bond donors (Lipinski definition) is 2. The molecule has 2 heterocycles. The average molecular weight is 595 g/mol. The molecule has 4 rings (SSSR count). The van der Waals surface area contributed by atoms with Gasteiger partial charge in [-0.2, -0.15) is 0 Å². The Balaban J connectivity index is 1.42. The lowest BCUT2D eigenvalue weighted by molar-refractivity contribution is 0.589. The number of benzene rings is 2. The van der Waals surface area contributed by atoms with Crippen LogP contribution in [0.1, 0.15) is 34.4 Å². The molecule has 39 heavy (non-hydrogen) atoms. The Bertz CT molecular complexity index is 1640. The number of aromatic nitrogens is 6. The van der Waals surface area contributed by atoms with E-state index in [0.29, 0.717) is 11.1 Å². The Morgan fingerprint density at radius 2 is 0.718 bits per heavy atom. The number of hydrogen-bond acceptors (Lipinski definition) is 12. The van der Waals surface area contributed by atoms with Crippen molar-refractivity contribution >= 4 is 29.5 Å². The fourth-order valence-corrected chi connectivity index (χ4v) is 7.78. The fourth-order valence-electron chi connectivity index (χ4n) is 3.71. The van der Waals surface area contributed by atoms with E-state index < -0.39 is 52.5 Å². The zero-order valence-electron chi connectivity index (χ0n) is 20.5. The zero-order chi connectivity index (χ0) is 28.3. The third kappa shape index (κ3) is 7.61. The smallest absolute Gasteiger partial charge is 0.166 e. The molecule has 4 N–H and O–H groups in total. The lowest BCUT2D eigenvalue weighted by atomic mass is 10.2. The van der Waals surface area contributed by atoms with Crippen molar-refractivity contribution in [1.82, 2.24) is 29.7 Å². The molecule has 4 aromatic rings. The molecule has 0 amide bonds. The fraction of sp³-hybridized carbons (Fsp3) is 0.273. The third-order valence-electron chi connectivity index (χ3n) is 5.53. The van der Waals surface area contributed by atoms with Gasteiger partial charge in [-0.25, -0.2) is 34.6 Å². The molecule has 0 unspecified atom stereocenters. The maximum Gasteiger partial charge on any atom is 0.166 e. The van der Waals surface area contributed by atoms with Gasteiger partial charge in [0.15, 0.2) is 52.8 Å². The first kappa shape index (κ1) is 28.2. The first-order chi connectivity index (χ1) is 18.3. The highest BCUT2D eigenvalue weighted by Gasteiger charge is 2.26. The van der Waals surface area contributed by atoms with Crippen molar-refractivity contribution in [2.75, 3.05) is 11.7 Å². The second kappa shape index (κ2) is 11.1. The van der Waals surface area contributed by atoms with Crippen molar-refractivity contribution in [3.63, 3.8) is 0 Å². The van der Waals surface area contributed by atoms with Gasteiger partial charge >= 0.3 is 0 Å². The standard InChI is InChI=1S/C22H26N8O6S3/c23-29-19(13-37(31,32)11-17-7-3-1-4-8-17)25-27-21(29)15-39(35,36)16-22-28-26-20(30(22)24)14-38(33,34)12-18-9-5-2-6-10-18/h1-10H,11-16,23-24H2. The molecule has 0 bridgehead atoms. The van der Waals surface area contributed by atoms with Crippen LogP contribution in [-0.2, 0) is 64.0 Å². The molecule has 208 valence electrons. The van der Waals surface area contributed by atoms with Crippen LogP contribution in [0.2, 0.25) is 0 Å². The van der Waals surface area contributed by atoms with E-state index in [4.69, 9.17) is 11.7 Å². The molecule has 0 atom stereocenters. The minimum atomic E-state index is -4.00. The molecule has 0 aliphatic rings. The van der Waals surface area contributed by atoms with Crippen molar-refractivity contribution in [3.05, 3.63) is 95.1 Å². The van der Waals surface area contributed by atoms with Gasteiger partial charge in [0.1, 0.15) is 23.0 Å². The number of nitrogen functional groups attached to an aromatic ring is 2. The van der Waals surface area contributed by atoms with Crippen LogP contribution in [0, 0.1) is 0 Å². The van der Waals surface area contributed by atoms with Crippen molar-refractivity contribution < 1.29 is 25.3 Å². The summed E-state index contributed by atoms with van der Waals surface area (Å²) in [6, 6.07) is 17.1. The lowest BCUT2D eigenvalue weighted by Gasteiger charge is -2.07. The number of rotatable bonds is 12. The normalized spacial score (nSPS) is 12.5. The zero-order valence-corrected chi connectivity index (χ0v) is 23.0. The van der Waals surface area contributed by atoms with Crippen LogP contribution < -0.4 is 11.7 Å². The molecule has 2 aromatic carbocycles. The Morgan fingerprint density at radius 3 is 1.00 bits per heavy atom. The summed E-state index contributed by atoms with van der Waals surface area (Å²) in [5.41, 5.74) is 1.17. The summed E-state index contributed by atoms with van der Waals surface area (Å²) in [5.74, 6) is 8.25. The number of nitrogens with two attached hydrogens (primary N) is 2. The van der Waals surface area contributed by atoms with Crippen LogP contribution in [0.4, 0.5) is 0 Å². The van der Waals surface area contributed by atoms with E-state index >= 15 is 0 Å². The molecule has 0 aliphatic heterocycles. The van der Waals surface area contributed by atoms with Gasteiger partial charge in [0.25, 0.3) is 0 Å². The van der Waals surface area contributed by atoms with E-state index in [1.165, 1.54) is 0 Å². The highest BCUT2D eigenvalue weighted by atomic mass is 32.2. The van der Waals surface area contributed by atoms with Crippen LogP contribution in [0.5, 0.6) is 0 Å². The van der Waals surface area contributed by atoms with Crippen LogP contribution in [0.25, 0.3) is 0 Å². The van der Waals surface area contributed by atoms with Gasteiger partial charge in [0.2, 0.25) is 0 Å². The molecule has 14 nitrogen and oxygen atoms in total. The summed E-state index contributed by atoms with van der Waals surface area (Å²) in [4.78, 5) is 0. The molecule has 0 radical (unpaired) electrons. The quantitative estimate of drug-likeness (QED) is 0.201. The van der Waals surface area contributed by atoms with E-state index in [2.05, 4.69) is 20.4 Å². The molecule has 17 heteroatoms. The predicted octanol–water partition coefficient (Wildman–Crippen LogP) is -0.358. The molecular formula is C22H26N8O6S3. The van der Waals surface area contributed by atoms with Crippen molar-refractivity contribution in [2.45, 2.75) is 34.5 Å². The monoisotopic (exact) mass is 594 g/mol. The number of nitrogens with zero attached hydrogens (tertiary/aromatic N) is 6. The largest absolute Gasteiger partial charge is 0.336 e. The summed E-state index contributed by atoms with van der Waals surface area (Å²) < 4.78 is 77.6. The molecule has 0 spiro atoms. The summed E-state index contributed by atoms with van der Waals surface area (Å²) in [6.45, 7) is 0. The van der Waals surface area contributed by atoms with Gasteiger partial charge in [0.05, 0.1) is 11.5 Å². The maximum absolute atomic E-state index is 12.8. The second-order valence-electron chi connectivity index (χ2n) is 8.87. The van der Waals surface area contributed by atoms with Crippen molar-refractivity contribution in [1.29, 1.82) is 0 Å². The Morgan fingerprint density at radius 1 is 0.462 bits per heavy atom. The Kier molecular flexibility index (Phi) is 8.03. The van der Waals surface area contributed by atoms with Gasteiger partial charge in [-0.05, 0) is 11.1 Å². The van der Waals surface area contributed by atoms with E-state index in [1.54, 1.807) is 60.7 Å². The van der Waals surface area contributed by atoms with Crippen LogP contribution in [0.15, 0.2) is 60.7 Å². The highest BCUT2D eigenvalue weighted by Crippen LogP contribution is 2.15. The number of sulfone groups is 3. The topological polar surface area (TPSA) is 216 Å². The van der Waals surface area contributed by atoms with Crippen molar-refractivity contribution in [2.24, 2.45) is 0 Å². The van der Waals surface area contributed by atoms with E-state index in [9.17, 15) is 25.3 Å². The molecule has 0 aliphatic carbocycles. The average Bonchev–Trinajstić information content (AvgIpc) is 3.35. The third-order valence-corrected chi connectivity index (χ3v) is 9.87. The maximum atomic E-state index is 12.8. The van der Waals surface area contributed by atoms with E-state index in [0.717, 1.165) is 9.35 Å². The molecule has 0 fully saturated rings. The summed E-state index contributed by atoms with van der Waals surface area (Å²) in [6.07, 6.45) is 0. The summed E-state index contributed by atoms with van der Waals surface area (Å²) >= 11 is 0. The van der Waals surface area contributed by atoms with Crippen LogP contribution in [-0.4, -0.2) is 55.0 Å². The van der Waals surface area contributed by atoms with Gasteiger partial charge in [-0.1, -0.05) is 60.7 Å². The van der Waals surface area contributed by atoms with Crippen LogP contribution in [0.3, 0.4) is 0 Å². The highest BCUT2D eigenvalue weighted by molar-refractivity contribution is 7.90. The minimum absolute atomic E-state index is 0.121. The summed E-state index contributed by atoms with van der Waals surface area (Å²) in [7, 11) is -11.3. The Hall–Kier alpha value is -3.83. The Labute approximate surface area is 225 Å². The van der Waals surface area contributed by atoms with Gasteiger partial charge in [-0.3, -0.25) is 0 Å². The lowest BCUT2D eigenvalue weighted by Crippen LogP contribution is -2.24. The molecule has 0 saturated heterocycles. The van der Waals surface area contributed by atoms with Gasteiger partial charge in [-0.15, -0.1) is 20.4 Å². The van der Waals surface area contributed by atoms with Gasteiger partial charge in [0, 0.05) is 0 Å². The van der Waals surface area contributed by atoms with E-state index in [1.807, 2.05) is 0 Å². The van der Waals surface area contributed by atoms with E-state index in [-0.39, 0.29) is 34.8 Å². The molecule has 2 aromatic heterocycles. The SMILES string of the molecule is Nn1c(CS(=O)(=O)Cc2ccccc2)nnc1CS(=O)(=O)Cc1nnc(CS(=O)(=O)Cc2ccccc2)n1N. The summed E-state index contributed by atoms with van der Waals surface area (Å²) in [5, 5.41) is 15.0. The molecular weight excluding hydrogens is 568 g/mol. The predicted molar refractivity (Wildman–Crippen MR) is 142 cm³/mol. The van der Waals surface area contributed by atoms with Crippen molar-refractivity contribution in [3.8, 4) is 0 Å². The van der Waals surface area contributed by atoms with Gasteiger partial charge < -0.3 is 11.7 Å². The molecule has 0 saturated carbocycles. The van der Waals surface area contributed by atoms with Crippen LogP contribution >= 0.6 is 0 Å². The minimum Gasteiger partial charge on any atom is -0.336 e. The first-order valence-electron chi connectivity index (χ1n) is 11.4. The second-order valence-corrected chi connectivity index (χ2v) is 15.1.